The second-order valence-electron chi connectivity index (χ2n) is 6.64. The zero-order valence-corrected chi connectivity index (χ0v) is 14.4. The summed E-state index contributed by atoms with van der Waals surface area (Å²) in [5.74, 6) is 0.552. The number of methoxy groups -OCH3 is 1. The number of primary amides is 1. The number of carbonyl (C=O) groups excluding carboxylic acids is 1. The molecule has 3 rings (SSSR count). The molecule has 1 aliphatic heterocycles. The van der Waals surface area contributed by atoms with E-state index in [0.717, 1.165) is 38.5 Å². The molecule has 0 radical (unpaired) electrons. The minimum atomic E-state index is -0.209. The highest BCUT2D eigenvalue weighted by atomic mass is 16.5. The third kappa shape index (κ3) is 3.86. The molecule has 128 valence electrons. The number of ether oxygens (including phenoxy) is 1. The van der Waals surface area contributed by atoms with E-state index in [2.05, 4.69) is 34.1 Å². The predicted octanol–water partition coefficient (Wildman–Crippen LogP) is 1.70. The van der Waals surface area contributed by atoms with Crippen molar-refractivity contribution in [1.29, 1.82) is 0 Å². The maximum Gasteiger partial charge on any atom is 0.223 e. The van der Waals surface area contributed by atoms with Crippen LogP contribution in [0.1, 0.15) is 5.56 Å². The van der Waals surface area contributed by atoms with Gasteiger partial charge in [-0.05, 0) is 41.6 Å². The number of likely N-dealkylation sites (N-methyl/N-ethyl adjacent to an activating group) is 1. The summed E-state index contributed by atoms with van der Waals surface area (Å²) >= 11 is 0. The first-order chi connectivity index (χ1) is 11.5. The van der Waals surface area contributed by atoms with Gasteiger partial charge >= 0.3 is 0 Å². The first kappa shape index (κ1) is 16.7. The van der Waals surface area contributed by atoms with E-state index < -0.39 is 0 Å². The highest BCUT2D eigenvalue weighted by Gasteiger charge is 2.24. The van der Waals surface area contributed by atoms with E-state index >= 15 is 0 Å². The molecular weight excluding hydrogens is 302 g/mol. The number of nitrogens with zero attached hydrogens (tertiary/aromatic N) is 2. The highest BCUT2D eigenvalue weighted by Crippen LogP contribution is 2.23. The van der Waals surface area contributed by atoms with Crippen LogP contribution in [-0.2, 0) is 11.3 Å². The Balaban J connectivity index is 1.76. The third-order valence-electron chi connectivity index (χ3n) is 4.73. The molecule has 0 bridgehead atoms. The van der Waals surface area contributed by atoms with Gasteiger partial charge in [-0.15, -0.1) is 0 Å². The van der Waals surface area contributed by atoms with Crippen LogP contribution in [0.2, 0.25) is 0 Å². The fourth-order valence-corrected chi connectivity index (χ4v) is 3.32. The Morgan fingerprint density at radius 2 is 1.92 bits per heavy atom. The average Bonchev–Trinajstić information content (AvgIpc) is 2.76. The molecule has 0 saturated carbocycles. The Kier molecular flexibility index (Phi) is 5.02. The van der Waals surface area contributed by atoms with Crippen molar-refractivity contribution in [2.45, 2.75) is 6.54 Å². The molecule has 5 nitrogen and oxygen atoms in total. The molecule has 0 aromatic heterocycles. The number of rotatable bonds is 4. The van der Waals surface area contributed by atoms with Crippen molar-refractivity contribution in [2.75, 3.05) is 40.3 Å². The lowest BCUT2D eigenvalue weighted by atomic mass is 10.1. The van der Waals surface area contributed by atoms with Gasteiger partial charge < -0.3 is 15.4 Å². The molecule has 5 heteroatoms. The molecule has 1 fully saturated rings. The highest BCUT2D eigenvalue weighted by molar-refractivity contribution is 5.84. The lowest BCUT2D eigenvalue weighted by Gasteiger charge is -2.22. The van der Waals surface area contributed by atoms with Crippen LogP contribution < -0.4 is 10.5 Å². The summed E-state index contributed by atoms with van der Waals surface area (Å²) in [6, 6.07) is 12.6. The van der Waals surface area contributed by atoms with E-state index in [-0.39, 0.29) is 11.8 Å². The number of hydrogen-bond acceptors (Lipinski definition) is 4. The minimum absolute atomic E-state index is 0.109. The number of nitrogens with two attached hydrogens (primary N) is 1. The zero-order valence-electron chi connectivity index (χ0n) is 14.4. The fourth-order valence-electron chi connectivity index (χ4n) is 3.32. The van der Waals surface area contributed by atoms with Gasteiger partial charge in [-0.1, -0.05) is 18.2 Å². The molecular formula is C19H25N3O2. The van der Waals surface area contributed by atoms with Crippen molar-refractivity contribution < 1.29 is 9.53 Å². The molecule has 1 heterocycles. The monoisotopic (exact) mass is 327 g/mol. The summed E-state index contributed by atoms with van der Waals surface area (Å²) in [6.45, 7) is 4.19. The van der Waals surface area contributed by atoms with Gasteiger partial charge in [-0.3, -0.25) is 9.69 Å². The predicted molar refractivity (Wildman–Crippen MR) is 96.0 cm³/mol. The van der Waals surface area contributed by atoms with Gasteiger partial charge in [-0.25, -0.2) is 0 Å². The standard InChI is InChI=1S/C19H25N3O2/c1-21-7-8-22(13-17(12-21)19(20)23)11-14-3-4-16-10-18(24-2)6-5-15(16)9-14/h3-6,9-10,17H,7-8,11-13H2,1-2H3,(H2,20,23). The smallest absolute Gasteiger partial charge is 0.223 e. The molecule has 1 amide bonds. The summed E-state index contributed by atoms with van der Waals surface area (Å²) in [4.78, 5) is 16.1. The molecule has 1 aliphatic rings. The van der Waals surface area contributed by atoms with Crippen molar-refractivity contribution in [1.82, 2.24) is 9.80 Å². The van der Waals surface area contributed by atoms with Crippen LogP contribution in [0.3, 0.4) is 0 Å². The maximum absolute atomic E-state index is 11.6. The van der Waals surface area contributed by atoms with Crippen LogP contribution in [-0.4, -0.2) is 56.0 Å². The van der Waals surface area contributed by atoms with Crippen molar-refractivity contribution in [3.05, 3.63) is 42.0 Å². The third-order valence-corrected chi connectivity index (χ3v) is 4.73. The number of benzene rings is 2. The van der Waals surface area contributed by atoms with E-state index in [0.29, 0.717) is 0 Å². The Bertz CT molecular complexity index is 732. The second-order valence-corrected chi connectivity index (χ2v) is 6.64. The van der Waals surface area contributed by atoms with Gasteiger partial charge in [-0.2, -0.15) is 0 Å². The van der Waals surface area contributed by atoms with Crippen LogP contribution in [0, 0.1) is 5.92 Å². The van der Waals surface area contributed by atoms with Crippen LogP contribution in [0.4, 0.5) is 0 Å². The molecule has 1 atom stereocenters. The van der Waals surface area contributed by atoms with Crippen molar-refractivity contribution in [2.24, 2.45) is 11.7 Å². The van der Waals surface area contributed by atoms with E-state index in [1.165, 1.54) is 16.3 Å². The van der Waals surface area contributed by atoms with Crippen molar-refractivity contribution in [3.63, 3.8) is 0 Å². The SMILES string of the molecule is COc1ccc2cc(CN3CCN(C)CC(C(N)=O)C3)ccc2c1. The fraction of sp³-hybridized carbons (Fsp3) is 0.421. The van der Waals surface area contributed by atoms with Gasteiger partial charge in [0.1, 0.15) is 5.75 Å². The maximum atomic E-state index is 11.6. The topological polar surface area (TPSA) is 58.8 Å². The van der Waals surface area contributed by atoms with Crippen LogP contribution in [0.15, 0.2) is 36.4 Å². The number of hydrogen-bond donors (Lipinski definition) is 1. The number of amides is 1. The van der Waals surface area contributed by atoms with E-state index in [9.17, 15) is 4.79 Å². The Morgan fingerprint density at radius 3 is 2.67 bits per heavy atom. The van der Waals surface area contributed by atoms with E-state index in [1.54, 1.807) is 7.11 Å². The van der Waals surface area contributed by atoms with Crippen molar-refractivity contribution in [3.8, 4) is 5.75 Å². The molecule has 2 aromatic rings. The molecule has 1 unspecified atom stereocenters. The first-order valence-electron chi connectivity index (χ1n) is 8.32. The zero-order chi connectivity index (χ0) is 17.1. The van der Waals surface area contributed by atoms with E-state index in [4.69, 9.17) is 10.5 Å². The summed E-state index contributed by atoms with van der Waals surface area (Å²) < 4.78 is 5.28. The summed E-state index contributed by atoms with van der Waals surface area (Å²) in [7, 11) is 3.73. The van der Waals surface area contributed by atoms with Crippen LogP contribution >= 0.6 is 0 Å². The summed E-state index contributed by atoms with van der Waals surface area (Å²) in [6.07, 6.45) is 0. The second kappa shape index (κ2) is 7.20. The average molecular weight is 327 g/mol. The van der Waals surface area contributed by atoms with Gasteiger partial charge in [0.25, 0.3) is 0 Å². The van der Waals surface area contributed by atoms with Gasteiger partial charge in [0.15, 0.2) is 0 Å². The van der Waals surface area contributed by atoms with Crippen molar-refractivity contribution >= 4 is 16.7 Å². The van der Waals surface area contributed by atoms with Gasteiger partial charge in [0.05, 0.1) is 13.0 Å². The Hall–Kier alpha value is -2.11. The molecule has 2 aromatic carbocycles. The quantitative estimate of drug-likeness (QED) is 0.928. The number of fused-ring (bicyclic) bond motifs is 1. The first-order valence-corrected chi connectivity index (χ1v) is 8.32. The Labute approximate surface area is 143 Å². The molecule has 1 saturated heterocycles. The summed E-state index contributed by atoms with van der Waals surface area (Å²) in [5, 5.41) is 2.37. The van der Waals surface area contributed by atoms with Crippen LogP contribution in [0.25, 0.3) is 10.8 Å². The minimum Gasteiger partial charge on any atom is -0.497 e. The van der Waals surface area contributed by atoms with Gasteiger partial charge in [0, 0.05) is 32.7 Å². The number of carbonyl (C=O) groups is 1. The Morgan fingerprint density at radius 1 is 1.17 bits per heavy atom. The lowest BCUT2D eigenvalue weighted by Crippen LogP contribution is -2.37. The molecule has 2 N–H and O–H groups in total. The van der Waals surface area contributed by atoms with E-state index in [1.807, 2.05) is 19.2 Å². The van der Waals surface area contributed by atoms with Gasteiger partial charge in [0.2, 0.25) is 5.91 Å². The van der Waals surface area contributed by atoms with Crippen LogP contribution in [0.5, 0.6) is 5.75 Å². The molecule has 0 aliphatic carbocycles. The molecule has 24 heavy (non-hydrogen) atoms. The lowest BCUT2D eigenvalue weighted by molar-refractivity contribution is -0.122. The largest absolute Gasteiger partial charge is 0.497 e. The normalized spacial score (nSPS) is 20.0. The molecule has 0 spiro atoms. The summed E-state index contributed by atoms with van der Waals surface area (Å²) in [5.41, 5.74) is 6.80.